The summed E-state index contributed by atoms with van der Waals surface area (Å²) in [6.45, 7) is 0. The predicted molar refractivity (Wildman–Crippen MR) is 167 cm³/mol. The van der Waals surface area contributed by atoms with Crippen LogP contribution < -0.4 is 0 Å². The highest BCUT2D eigenvalue weighted by Crippen LogP contribution is 2.40. The van der Waals surface area contributed by atoms with E-state index in [9.17, 15) is 0 Å². The van der Waals surface area contributed by atoms with Gasteiger partial charge in [0.1, 0.15) is 5.82 Å². The molecule has 8 rings (SSSR count). The molecule has 0 aliphatic heterocycles. The van der Waals surface area contributed by atoms with Crippen molar-refractivity contribution in [2.75, 3.05) is 0 Å². The molecule has 0 atom stereocenters. The highest BCUT2D eigenvalue weighted by molar-refractivity contribution is 7.13. The van der Waals surface area contributed by atoms with E-state index in [1.807, 2.05) is 24.4 Å². The van der Waals surface area contributed by atoms with Crippen LogP contribution in [0.5, 0.6) is 0 Å². The van der Waals surface area contributed by atoms with Crippen LogP contribution in [-0.4, -0.2) is 19.1 Å². The van der Waals surface area contributed by atoms with Crippen molar-refractivity contribution in [3.05, 3.63) is 127 Å². The summed E-state index contributed by atoms with van der Waals surface area (Å²) in [5, 5.41) is 4.59. The summed E-state index contributed by atoms with van der Waals surface area (Å²) in [6, 6.07) is 40.8. The summed E-state index contributed by atoms with van der Waals surface area (Å²) < 4.78 is 4.60. The van der Waals surface area contributed by atoms with Gasteiger partial charge in [0.05, 0.1) is 33.4 Å². The average Bonchev–Trinajstić information content (AvgIpc) is 3.74. The van der Waals surface area contributed by atoms with Gasteiger partial charge in [-0.15, -0.1) is 11.3 Å². The molecule has 0 spiro atoms. The SMILES string of the molecule is Cn1c(-c2ccc3c4ccccc4n(-c4cc(-c5ccccn5)ccc4-c4cccs4)c3c2)nc2ccccc21. The van der Waals surface area contributed by atoms with Crippen molar-refractivity contribution >= 4 is 44.2 Å². The van der Waals surface area contributed by atoms with Crippen molar-refractivity contribution in [1.82, 2.24) is 19.1 Å². The Hall–Kier alpha value is -5.00. The number of fused-ring (bicyclic) bond motifs is 4. The molecule has 4 heterocycles. The zero-order chi connectivity index (χ0) is 26.6. The van der Waals surface area contributed by atoms with Gasteiger partial charge in [-0.2, -0.15) is 0 Å². The number of benzene rings is 4. The molecule has 5 heteroatoms. The van der Waals surface area contributed by atoms with E-state index < -0.39 is 0 Å². The van der Waals surface area contributed by atoms with Crippen molar-refractivity contribution in [3.63, 3.8) is 0 Å². The number of hydrogen-bond acceptors (Lipinski definition) is 3. The Morgan fingerprint density at radius 3 is 2.27 bits per heavy atom. The van der Waals surface area contributed by atoms with Crippen LogP contribution in [0.25, 0.3) is 71.6 Å². The molecule has 0 aliphatic carbocycles. The Labute approximate surface area is 235 Å². The molecular formula is C35H24N4S. The number of para-hydroxylation sites is 3. The van der Waals surface area contributed by atoms with Crippen LogP contribution >= 0.6 is 11.3 Å². The third-order valence-corrected chi connectivity index (χ3v) is 8.61. The van der Waals surface area contributed by atoms with E-state index in [4.69, 9.17) is 4.98 Å². The Morgan fingerprint density at radius 2 is 1.45 bits per heavy atom. The lowest BCUT2D eigenvalue weighted by atomic mass is 10.0. The van der Waals surface area contributed by atoms with Crippen LogP contribution in [-0.2, 0) is 7.05 Å². The summed E-state index contributed by atoms with van der Waals surface area (Å²) in [4.78, 5) is 10.9. The molecular weight excluding hydrogens is 508 g/mol. The van der Waals surface area contributed by atoms with Gasteiger partial charge in [-0.1, -0.05) is 66.7 Å². The maximum absolute atomic E-state index is 5.00. The first-order valence-electron chi connectivity index (χ1n) is 13.3. The second kappa shape index (κ2) is 9.04. The Morgan fingerprint density at radius 1 is 0.650 bits per heavy atom. The van der Waals surface area contributed by atoms with E-state index in [2.05, 4.69) is 124 Å². The van der Waals surface area contributed by atoms with Gasteiger partial charge in [-0.3, -0.25) is 4.98 Å². The van der Waals surface area contributed by atoms with Crippen LogP contribution in [0.3, 0.4) is 0 Å². The fraction of sp³-hybridized carbons (Fsp3) is 0.0286. The molecule has 190 valence electrons. The Bertz CT molecular complexity index is 2170. The minimum absolute atomic E-state index is 0.959. The Balaban J connectivity index is 1.45. The minimum atomic E-state index is 0.959. The van der Waals surface area contributed by atoms with Crippen LogP contribution in [0.2, 0.25) is 0 Å². The fourth-order valence-electron chi connectivity index (χ4n) is 5.82. The van der Waals surface area contributed by atoms with Gasteiger partial charge in [-0.05, 0) is 53.9 Å². The van der Waals surface area contributed by atoms with Gasteiger partial charge in [0.25, 0.3) is 0 Å². The van der Waals surface area contributed by atoms with Crippen molar-refractivity contribution in [3.8, 4) is 38.8 Å². The van der Waals surface area contributed by atoms with Gasteiger partial charge < -0.3 is 9.13 Å². The lowest BCUT2D eigenvalue weighted by Crippen LogP contribution is -1.98. The summed E-state index contributed by atoms with van der Waals surface area (Å²) in [7, 11) is 2.09. The smallest absolute Gasteiger partial charge is 0.140 e. The first-order chi connectivity index (χ1) is 19.8. The van der Waals surface area contributed by atoms with E-state index in [0.717, 1.165) is 44.9 Å². The summed E-state index contributed by atoms with van der Waals surface area (Å²) in [5.41, 5.74) is 9.94. The summed E-state index contributed by atoms with van der Waals surface area (Å²) in [6.07, 6.45) is 1.85. The standard InChI is InChI=1S/C35H24N4S/c1-38-31-13-5-3-11-29(31)37-35(38)24-16-17-26-25-9-2-4-12-30(25)39(32(26)22-24)33-21-23(28-10-6-7-19-36-28)15-18-27(33)34-14-8-20-40-34/h2-22H,1H3. The van der Waals surface area contributed by atoms with Crippen molar-refractivity contribution in [1.29, 1.82) is 0 Å². The number of pyridine rings is 1. The highest BCUT2D eigenvalue weighted by Gasteiger charge is 2.19. The molecule has 0 saturated heterocycles. The first-order valence-corrected chi connectivity index (χ1v) is 14.2. The van der Waals surface area contributed by atoms with Crippen LogP contribution in [0.15, 0.2) is 127 Å². The quantitative estimate of drug-likeness (QED) is 0.227. The number of aryl methyl sites for hydroxylation is 1. The van der Waals surface area contributed by atoms with Gasteiger partial charge in [-0.25, -0.2) is 4.98 Å². The molecule has 4 nitrogen and oxygen atoms in total. The number of imidazole rings is 1. The fourth-order valence-corrected chi connectivity index (χ4v) is 6.58. The number of nitrogens with zero attached hydrogens (tertiary/aromatic N) is 4. The summed E-state index contributed by atoms with van der Waals surface area (Å²) in [5.74, 6) is 0.959. The van der Waals surface area contributed by atoms with Gasteiger partial charge in [0.15, 0.2) is 0 Å². The molecule has 4 aromatic carbocycles. The molecule has 0 amide bonds. The molecule has 0 fully saturated rings. The molecule has 0 radical (unpaired) electrons. The molecule has 0 N–H and O–H groups in total. The first kappa shape index (κ1) is 22.9. The molecule has 8 aromatic rings. The minimum Gasteiger partial charge on any atom is -0.327 e. The second-order valence-corrected chi connectivity index (χ2v) is 10.9. The normalized spacial score (nSPS) is 11.6. The topological polar surface area (TPSA) is 35.6 Å². The third kappa shape index (κ3) is 3.52. The zero-order valence-corrected chi connectivity index (χ0v) is 22.6. The number of aromatic nitrogens is 4. The predicted octanol–water partition coefficient (Wildman–Crippen LogP) is 9.13. The average molecular weight is 533 g/mol. The molecule has 4 aromatic heterocycles. The van der Waals surface area contributed by atoms with E-state index in [0.29, 0.717) is 0 Å². The third-order valence-electron chi connectivity index (χ3n) is 7.71. The van der Waals surface area contributed by atoms with E-state index >= 15 is 0 Å². The van der Waals surface area contributed by atoms with Gasteiger partial charge in [0.2, 0.25) is 0 Å². The van der Waals surface area contributed by atoms with E-state index in [1.165, 1.54) is 26.7 Å². The maximum Gasteiger partial charge on any atom is 0.140 e. The molecule has 40 heavy (non-hydrogen) atoms. The van der Waals surface area contributed by atoms with Crippen molar-refractivity contribution in [2.24, 2.45) is 7.05 Å². The molecule has 0 aliphatic rings. The molecule has 0 bridgehead atoms. The van der Waals surface area contributed by atoms with Crippen LogP contribution in [0, 0.1) is 0 Å². The lowest BCUT2D eigenvalue weighted by Gasteiger charge is -2.15. The zero-order valence-electron chi connectivity index (χ0n) is 21.8. The van der Waals surface area contributed by atoms with Crippen LogP contribution in [0.4, 0.5) is 0 Å². The second-order valence-electron chi connectivity index (χ2n) is 9.99. The van der Waals surface area contributed by atoms with E-state index in [1.54, 1.807) is 11.3 Å². The van der Waals surface area contributed by atoms with Gasteiger partial charge >= 0.3 is 0 Å². The monoisotopic (exact) mass is 532 g/mol. The summed E-state index contributed by atoms with van der Waals surface area (Å²) >= 11 is 1.76. The number of hydrogen-bond donors (Lipinski definition) is 0. The Kier molecular flexibility index (Phi) is 5.18. The largest absolute Gasteiger partial charge is 0.327 e. The lowest BCUT2D eigenvalue weighted by molar-refractivity contribution is 0.959. The number of rotatable bonds is 4. The van der Waals surface area contributed by atoms with Crippen LogP contribution in [0.1, 0.15) is 0 Å². The molecule has 0 saturated carbocycles. The number of thiophene rings is 1. The van der Waals surface area contributed by atoms with Gasteiger partial charge in [0, 0.05) is 45.6 Å². The van der Waals surface area contributed by atoms with Crippen molar-refractivity contribution in [2.45, 2.75) is 0 Å². The highest BCUT2D eigenvalue weighted by atomic mass is 32.1. The van der Waals surface area contributed by atoms with E-state index in [-0.39, 0.29) is 0 Å². The maximum atomic E-state index is 5.00. The molecule has 0 unspecified atom stereocenters. The van der Waals surface area contributed by atoms with Crippen molar-refractivity contribution < 1.29 is 0 Å².